The molecule has 0 unspecified atom stereocenters. The lowest BCUT2D eigenvalue weighted by atomic mass is 10.1. The van der Waals surface area contributed by atoms with Crippen molar-refractivity contribution in [3.63, 3.8) is 0 Å². The average Bonchev–Trinajstić information content (AvgIpc) is 3.12. The van der Waals surface area contributed by atoms with Crippen LogP contribution in [0.15, 0.2) is 60.7 Å². The summed E-state index contributed by atoms with van der Waals surface area (Å²) in [7, 11) is -1.50. The van der Waals surface area contributed by atoms with Gasteiger partial charge >= 0.3 is 0 Å². The zero-order chi connectivity index (χ0) is 17.5. The number of ether oxygens (including phenoxy) is 2. The minimum Gasteiger partial charge on any atom is -0.378 e. The Morgan fingerprint density at radius 1 is 1.00 bits per heavy atom. The van der Waals surface area contributed by atoms with E-state index >= 15 is 0 Å². The smallest absolute Gasteiger partial charge is 0.0863 e. The van der Waals surface area contributed by atoms with E-state index in [1.165, 1.54) is 12.0 Å². The number of rotatable bonds is 8. The van der Waals surface area contributed by atoms with Gasteiger partial charge in [0.1, 0.15) is 0 Å². The summed E-state index contributed by atoms with van der Waals surface area (Å²) in [5.74, 6) is 0. The Hall–Kier alpha value is -1.42. The van der Waals surface area contributed by atoms with E-state index in [4.69, 9.17) is 9.47 Å². The van der Waals surface area contributed by atoms with Crippen LogP contribution in [0.1, 0.15) is 24.8 Å². The lowest BCUT2D eigenvalue weighted by Gasteiger charge is -2.33. The molecule has 2 aromatic rings. The highest BCUT2D eigenvalue weighted by molar-refractivity contribution is 6.91. The van der Waals surface area contributed by atoms with E-state index < -0.39 is 8.07 Å². The summed E-state index contributed by atoms with van der Waals surface area (Å²) in [5, 5.41) is 1.55. The third kappa shape index (κ3) is 4.81. The van der Waals surface area contributed by atoms with Gasteiger partial charge in [-0.2, -0.15) is 0 Å². The lowest BCUT2D eigenvalue weighted by Crippen LogP contribution is -2.48. The molecule has 1 aliphatic rings. The Balaban J connectivity index is 1.47. The van der Waals surface area contributed by atoms with Crippen molar-refractivity contribution in [2.45, 2.75) is 50.6 Å². The maximum atomic E-state index is 6.12. The molecule has 25 heavy (non-hydrogen) atoms. The minimum absolute atomic E-state index is 0.405. The van der Waals surface area contributed by atoms with Crippen LogP contribution in [0, 0.1) is 0 Å². The first-order valence-electron chi connectivity index (χ1n) is 9.47. The molecule has 0 N–H and O–H groups in total. The van der Waals surface area contributed by atoms with E-state index in [2.05, 4.69) is 67.7 Å². The van der Waals surface area contributed by atoms with E-state index in [0.29, 0.717) is 18.3 Å². The predicted molar refractivity (Wildman–Crippen MR) is 107 cm³/mol. The molecule has 1 heterocycles. The molecule has 3 rings (SSSR count). The highest BCUT2D eigenvalue weighted by Gasteiger charge is 2.41. The van der Waals surface area contributed by atoms with Gasteiger partial charge in [0.2, 0.25) is 0 Å². The van der Waals surface area contributed by atoms with Gasteiger partial charge in [0, 0.05) is 13.2 Å². The summed E-state index contributed by atoms with van der Waals surface area (Å²) in [6.45, 7) is 7.44. The molecule has 0 saturated carbocycles. The van der Waals surface area contributed by atoms with Crippen LogP contribution in [0.4, 0.5) is 0 Å². The lowest BCUT2D eigenvalue weighted by molar-refractivity contribution is 0.0769. The fraction of sp³-hybridized carbons (Fsp3) is 0.455. The van der Waals surface area contributed by atoms with Crippen LogP contribution in [0.2, 0.25) is 18.6 Å². The summed E-state index contributed by atoms with van der Waals surface area (Å²) in [6, 6.07) is 21.5. The van der Waals surface area contributed by atoms with Crippen molar-refractivity contribution < 1.29 is 9.47 Å². The second-order valence-electron chi connectivity index (χ2n) is 7.57. The van der Waals surface area contributed by atoms with Crippen molar-refractivity contribution in [1.82, 2.24) is 0 Å². The highest BCUT2D eigenvalue weighted by atomic mass is 28.3. The van der Waals surface area contributed by atoms with Crippen molar-refractivity contribution in [3.8, 4) is 0 Å². The van der Waals surface area contributed by atoms with Crippen LogP contribution in [-0.2, 0) is 16.1 Å². The van der Waals surface area contributed by atoms with E-state index in [-0.39, 0.29) is 0 Å². The second kappa shape index (κ2) is 8.79. The summed E-state index contributed by atoms with van der Waals surface area (Å²) in [6.07, 6.45) is 3.81. The molecular weight excluding hydrogens is 324 g/mol. The van der Waals surface area contributed by atoms with Crippen LogP contribution in [0.5, 0.6) is 0 Å². The molecule has 1 aliphatic heterocycles. The van der Waals surface area contributed by atoms with Gasteiger partial charge in [-0.05, 0) is 30.4 Å². The van der Waals surface area contributed by atoms with Gasteiger partial charge in [0.25, 0.3) is 0 Å². The standard InChI is InChI=1S/C22H30O2Si/c1-25(2,20-12-7-4-8-13-20)22-15-17-24-21(22)14-9-16-23-18-19-10-5-3-6-11-19/h3-8,10-13,21-22H,9,14-18H2,1-2H3/t21-,22+/m1/s1. The first-order valence-corrected chi connectivity index (χ1v) is 12.5. The van der Waals surface area contributed by atoms with E-state index in [9.17, 15) is 0 Å². The molecule has 0 aromatic heterocycles. The number of hydrogen-bond donors (Lipinski definition) is 0. The zero-order valence-corrected chi connectivity index (χ0v) is 16.5. The quantitative estimate of drug-likeness (QED) is 0.503. The molecule has 2 aromatic carbocycles. The first-order chi connectivity index (χ1) is 12.2. The monoisotopic (exact) mass is 354 g/mol. The van der Waals surface area contributed by atoms with Crippen molar-refractivity contribution in [2.75, 3.05) is 13.2 Å². The SMILES string of the molecule is C[Si](C)(c1ccccc1)[C@H]1CCO[C@@H]1CCCOCc1ccccc1. The maximum Gasteiger partial charge on any atom is 0.0863 e. The largest absolute Gasteiger partial charge is 0.378 e. The fourth-order valence-corrected chi connectivity index (χ4v) is 7.50. The molecule has 3 heteroatoms. The van der Waals surface area contributed by atoms with E-state index in [0.717, 1.165) is 26.1 Å². The molecule has 1 fully saturated rings. The van der Waals surface area contributed by atoms with Crippen LogP contribution < -0.4 is 5.19 Å². The molecule has 1 saturated heterocycles. The van der Waals surface area contributed by atoms with Crippen LogP contribution in [0.3, 0.4) is 0 Å². The number of hydrogen-bond acceptors (Lipinski definition) is 2. The maximum absolute atomic E-state index is 6.12. The van der Waals surface area contributed by atoms with Gasteiger partial charge < -0.3 is 9.47 Å². The van der Waals surface area contributed by atoms with Crippen LogP contribution in [0.25, 0.3) is 0 Å². The Bertz CT molecular complexity index is 627. The zero-order valence-electron chi connectivity index (χ0n) is 15.5. The van der Waals surface area contributed by atoms with Gasteiger partial charge in [0.15, 0.2) is 0 Å². The Morgan fingerprint density at radius 2 is 1.68 bits per heavy atom. The molecule has 2 atom stereocenters. The fourth-order valence-electron chi connectivity index (χ4n) is 3.99. The van der Waals surface area contributed by atoms with Crippen molar-refractivity contribution in [2.24, 2.45) is 0 Å². The highest BCUT2D eigenvalue weighted by Crippen LogP contribution is 2.38. The van der Waals surface area contributed by atoms with Gasteiger partial charge in [-0.3, -0.25) is 0 Å². The molecule has 0 radical (unpaired) electrons. The second-order valence-corrected chi connectivity index (χ2v) is 12.3. The van der Waals surface area contributed by atoms with Crippen LogP contribution in [-0.4, -0.2) is 27.4 Å². The normalized spacial score (nSPS) is 20.7. The Labute approximate surface area is 153 Å². The molecule has 2 nitrogen and oxygen atoms in total. The first kappa shape index (κ1) is 18.4. The Kier molecular flexibility index (Phi) is 6.46. The van der Waals surface area contributed by atoms with Gasteiger partial charge in [-0.25, -0.2) is 0 Å². The summed E-state index contributed by atoms with van der Waals surface area (Å²) >= 11 is 0. The molecule has 0 aliphatic carbocycles. The van der Waals surface area contributed by atoms with Gasteiger partial charge in [-0.1, -0.05) is 78.9 Å². The third-order valence-corrected chi connectivity index (χ3v) is 9.88. The predicted octanol–water partition coefficient (Wildman–Crippen LogP) is 4.76. The molecule has 0 amide bonds. The molecule has 134 valence electrons. The molecule has 0 spiro atoms. The summed E-state index contributed by atoms with van der Waals surface area (Å²) in [5.41, 5.74) is 1.96. The topological polar surface area (TPSA) is 18.5 Å². The van der Waals surface area contributed by atoms with Crippen molar-refractivity contribution in [3.05, 3.63) is 66.2 Å². The molecule has 0 bridgehead atoms. The minimum atomic E-state index is -1.50. The third-order valence-electron chi connectivity index (χ3n) is 5.54. The van der Waals surface area contributed by atoms with E-state index in [1.54, 1.807) is 5.19 Å². The molecular formula is C22H30O2Si. The summed E-state index contributed by atoms with van der Waals surface area (Å²) < 4.78 is 12.0. The summed E-state index contributed by atoms with van der Waals surface area (Å²) in [4.78, 5) is 0. The Morgan fingerprint density at radius 3 is 2.40 bits per heavy atom. The van der Waals surface area contributed by atoms with Crippen molar-refractivity contribution in [1.29, 1.82) is 0 Å². The number of benzene rings is 2. The van der Waals surface area contributed by atoms with E-state index in [1.807, 2.05) is 6.07 Å². The average molecular weight is 355 g/mol. The van der Waals surface area contributed by atoms with Gasteiger partial charge in [0.05, 0.1) is 20.8 Å². The van der Waals surface area contributed by atoms with Crippen LogP contribution >= 0.6 is 0 Å². The van der Waals surface area contributed by atoms with Crippen molar-refractivity contribution >= 4 is 13.3 Å². The van der Waals surface area contributed by atoms with Gasteiger partial charge in [-0.15, -0.1) is 0 Å².